The van der Waals surface area contributed by atoms with E-state index in [4.69, 9.17) is 18.9 Å². The van der Waals surface area contributed by atoms with E-state index in [0.717, 1.165) is 32.1 Å². The Morgan fingerprint density at radius 1 is 0.774 bits per heavy atom. The normalized spacial score (nSPS) is 16.9. The lowest BCUT2D eigenvalue weighted by atomic mass is 9.96. The first-order chi connectivity index (χ1) is 15.2. The highest BCUT2D eigenvalue weighted by Gasteiger charge is 2.18. The topological polar surface area (TPSA) is 52.2 Å². The fourth-order valence-corrected chi connectivity index (χ4v) is 4.18. The molecule has 0 bridgehead atoms. The van der Waals surface area contributed by atoms with Gasteiger partial charge in [0.05, 0.1) is 46.2 Å². The molecule has 1 aliphatic heterocycles. The minimum absolute atomic E-state index is 0.581. The van der Waals surface area contributed by atoms with E-state index in [1.807, 2.05) is 0 Å². The van der Waals surface area contributed by atoms with Gasteiger partial charge in [-0.15, -0.1) is 0 Å². The fraction of sp³-hybridized carbons (Fsp3) is 1.00. The average molecular weight is 445 g/mol. The highest BCUT2D eigenvalue weighted by molar-refractivity contribution is 4.78. The molecule has 0 amide bonds. The molecule has 1 aliphatic rings. The molecule has 0 aromatic carbocycles. The Morgan fingerprint density at radius 3 is 1.84 bits per heavy atom. The van der Waals surface area contributed by atoms with Gasteiger partial charge in [0.15, 0.2) is 0 Å². The summed E-state index contributed by atoms with van der Waals surface area (Å²) in [5.74, 6) is 0.871. The summed E-state index contributed by atoms with van der Waals surface area (Å²) in [6.45, 7) is 17.9. The minimum atomic E-state index is 0.581. The van der Waals surface area contributed by atoms with Crippen LogP contribution in [0.5, 0.6) is 0 Å². The number of hydrogen-bond donors (Lipinski definition) is 1. The van der Waals surface area contributed by atoms with Crippen molar-refractivity contribution in [2.24, 2.45) is 5.92 Å². The Labute approximate surface area is 192 Å². The van der Waals surface area contributed by atoms with Crippen LogP contribution in [0.25, 0.3) is 0 Å². The number of nitrogens with one attached hydrogen (secondary N) is 1. The Morgan fingerprint density at radius 2 is 1.32 bits per heavy atom. The van der Waals surface area contributed by atoms with E-state index in [2.05, 4.69) is 37.9 Å². The summed E-state index contributed by atoms with van der Waals surface area (Å²) in [6, 6.07) is 1.26. The summed E-state index contributed by atoms with van der Waals surface area (Å²) in [5, 5.41) is 3.64. The molecule has 1 rings (SSSR count). The van der Waals surface area contributed by atoms with Crippen LogP contribution in [0.4, 0.5) is 0 Å². The second kappa shape index (κ2) is 20.4. The molecular formula is C25H52N2O4. The van der Waals surface area contributed by atoms with Gasteiger partial charge in [0.2, 0.25) is 0 Å². The van der Waals surface area contributed by atoms with Gasteiger partial charge in [-0.05, 0) is 44.7 Å². The van der Waals surface area contributed by atoms with Crippen molar-refractivity contribution in [2.45, 2.75) is 84.7 Å². The molecule has 1 heterocycles. The molecular weight excluding hydrogens is 392 g/mol. The third kappa shape index (κ3) is 17.0. The van der Waals surface area contributed by atoms with Crippen molar-refractivity contribution in [3.05, 3.63) is 0 Å². The molecule has 6 heteroatoms. The van der Waals surface area contributed by atoms with E-state index in [9.17, 15) is 0 Å². The molecule has 0 aromatic rings. The summed E-state index contributed by atoms with van der Waals surface area (Å²) >= 11 is 0. The highest BCUT2D eigenvalue weighted by Crippen LogP contribution is 2.16. The third-order valence-electron chi connectivity index (χ3n) is 6.00. The maximum absolute atomic E-state index is 5.71. The zero-order valence-electron chi connectivity index (χ0n) is 21.0. The molecule has 1 N–H and O–H groups in total. The summed E-state index contributed by atoms with van der Waals surface area (Å²) < 4.78 is 22.5. The maximum atomic E-state index is 5.71. The van der Waals surface area contributed by atoms with E-state index in [1.165, 1.54) is 51.6 Å². The number of nitrogens with zero attached hydrogens (tertiary/aromatic N) is 1. The van der Waals surface area contributed by atoms with Crippen LogP contribution in [0, 0.1) is 5.92 Å². The van der Waals surface area contributed by atoms with Gasteiger partial charge in [0, 0.05) is 25.2 Å². The van der Waals surface area contributed by atoms with Gasteiger partial charge < -0.3 is 29.2 Å². The molecule has 1 saturated heterocycles. The van der Waals surface area contributed by atoms with Crippen LogP contribution in [0.1, 0.15) is 72.6 Å². The summed E-state index contributed by atoms with van der Waals surface area (Å²) in [6.07, 6.45) is 8.86. The molecule has 6 nitrogen and oxygen atoms in total. The Balaban J connectivity index is 1.76. The molecule has 31 heavy (non-hydrogen) atoms. The lowest BCUT2D eigenvalue weighted by molar-refractivity contribution is -0.00500. The van der Waals surface area contributed by atoms with Crippen LogP contribution in [0.3, 0.4) is 0 Å². The molecule has 1 fully saturated rings. The van der Waals surface area contributed by atoms with Crippen molar-refractivity contribution >= 4 is 0 Å². The van der Waals surface area contributed by atoms with Crippen LogP contribution >= 0.6 is 0 Å². The smallest absolute Gasteiger partial charge is 0.0701 e. The monoisotopic (exact) mass is 444 g/mol. The molecule has 1 unspecified atom stereocenters. The zero-order valence-corrected chi connectivity index (χ0v) is 21.0. The minimum Gasteiger partial charge on any atom is -0.379 e. The van der Waals surface area contributed by atoms with Crippen LogP contribution < -0.4 is 5.32 Å². The summed E-state index contributed by atoms with van der Waals surface area (Å²) in [4.78, 5) is 2.50. The summed E-state index contributed by atoms with van der Waals surface area (Å²) in [7, 11) is 0. The number of ether oxygens (including phenoxy) is 4. The van der Waals surface area contributed by atoms with Crippen LogP contribution in [-0.4, -0.2) is 89.5 Å². The Bertz CT molecular complexity index is 377. The van der Waals surface area contributed by atoms with Gasteiger partial charge >= 0.3 is 0 Å². The molecule has 0 spiro atoms. The Hall–Kier alpha value is -0.240. The molecule has 0 aromatic heterocycles. The van der Waals surface area contributed by atoms with Gasteiger partial charge in [-0.2, -0.15) is 0 Å². The second-order valence-corrected chi connectivity index (χ2v) is 9.09. The van der Waals surface area contributed by atoms with Crippen molar-refractivity contribution in [3.63, 3.8) is 0 Å². The number of piperidine rings is 1. The van der Waals surface area contributed by atoms with Gasteiger partial charge in [-0.25, -0.2) is 0 Å². The second-order valence-electron chi connectivity index (χ2n) is 9.09. The van der Waals surface area contributed by atoms with Crippen molar-refractivity contribution in [2.75, 3.05) is 72.5 Å². The fourth-order valence-electron chi connectivity index (χ4n) is 4.18. The number of likely N-dealkylation sites (tertiary alicyclic amines) is 1. The summed E-state index contributed by atoms with van der Waals surface area (Å²) in [5.41, 5.74) is 0. The van der Waals surface area contributed by atoms with Crippen LogP contribution in [-0.2, 0) is 18.9 Å². The molecule has 0 radical (unpaired) electrons. The first-order valence-electron chi connectivity index (χ1n) is 12.9. The maximum Gasteiger partial charge on any atom is 0.0701 e. The quantitative estimate of drug-likeness (QED) is 0.269. The standard InChI is InChI=1S/C25H52N2O4/c1-5-8-24(6-2)9-7-15-28-17-19-30-21-22-31-20-18-29-16-14-27-12-10-25(11-13-27)26-23(3)4/h23-26H,5-22H2,1-4H3. The molecule has 0 aliphatic carbocycles. The van der Waals surface area contributed by atoms with E-state index < -0.39 is 0 Å². The van der Waals surface area contributed by atoms with E-state index >= 15 is 0 Å². The van der Waals surface area contributed by atoms with Crippen molar-refractivity contribution in [1.29, 1.82) is 0 Å². The van der Waals surface area contributed by atoms with E-state index in [-0.39, 0.29) is 0 Å². The lowest BCUT2D eigenvalue weighted by Crippen LogP contribution is -2.45. The van der Waals surface area contributed by atoms with Crippen LogP contribution in [0.2, 0.25) is 0 Å². The van der Waals surface area contributed by atoms with Crippen molar-refractivity contribution < 1.29 is 18.9 Å². The average Bonchev–Trinajstić information content (AvgIpc) is 2.76. The van der Waals surface area contributed by atoms with Crippen molar-refractivity contribution in [1.82, 2.24) is 10.2 Å². The van der Waals surface area contributed by atoms with Crippen LogP contribution in [0.15, 0.2) is 0 Å². The number of rotatable bonds is 21. The predicted octanol–water partition coefficient (Wildman–Crippen LogP) is 4.12. The lowest BCUT2D eigenvalue weighted by Gasteiger charge is -2.33. The van der Waals surface area contributed by atoms with Gasteiger partial charge in [-0.1, -0.05) is 47.0 Å². The van der Waals surface area contributed by atoms with Gasteiger partial charge in [-0.3, -0.25) is 0 Å². The van der Waals surface area contributed by atoms with E-state index in [0.29, 0.717) is 51.7 Å². The molecule has 186 valence electrons. The third-order valence-corrected chi connectivity index (χ3v) is 6.00. The van der Waals surface area contributed by atoms with Gasteiger partial charge in [0.1, 0.15) is 0 Å². The number of hydrogen-bond acceptors (Lipinski definition) is 6. The largest absolute Gasteiger partial charge is 0.379 e. The first-order valence-corrected chi connectivity index (χ1v) is 12.9. The molecule has 1 atom stereocenters. The van der Waals surface area contributed by atoms with Gasteiger partial charge in [0.25, 0.3) is 0 Å². The SMILES string of the molecule is CCCC(CC)CCCOCCOCCOCCOCCN1CCC(NC(C)C)CC1. The highest BCUT2D eigenvalue weighted by atomic mass is 16.6. The van der Waals surface area contributed by atoms with E-state index in [1.54, 1.807) is 0 Å². The predicted molar refractivity (Wildman–Crippen MR) is 129 cm³/mol. The first kappa shape index (κ1) is 28.8. The zero-order chi connectivity index (χ0) is 22.6. The Kier molecular flexibility index (Phi) is 18.9. The van der Waals surface area contributed by atoms with Crippen molar-refractivity contribution in [3.8, 4) is 0 Å². The molecule has 0 saturated carbocycles.